The third-order valence-electron chi connectivity index (χ3n) is 2.25. The summed E-state index contributed by atoms with van der Waals surface area (Å²) in [5.41, 5.74) is -1.58. The fourth-order valence-electron chi connectivity index (χ4n) is 1.39. The Morgan fingerprint density at radius 1 is 1.44 bits per heavy atom. The van der Waals surface area contributed by atoms with Gasteiger partial charge in [-0.3, -0.25) is 14.2 Å². The van der Waals surface area contributed by atoms with Gasteiger partial charge in [0.2, 0.25) is 10.0 Å². The van der Waals surface area contributed by atoms with Crippen LogP contribution in [0.15, 0.2) is 15.8 Å². The van der Waals surface area contributed by atoms with Gasteiger partial charge in [-0.1, -0.05) is 0 Å². The van der Waals surface area contributed by atoms with Crippen molar-refractivity contribution in [3.8, 4) is 0 Å². The number of H-pyrrole nitrogens is 1. The molecule has 0 aliphatic heterocycles. The van der Waals surface area contributed by atoms with E-state index in [0.717, 1.165) is 10.8 Å². The van der Waals surface area contributed by atoms with E-state index in [9.17, 15) is 22.8 Å². The number of ketones is 1. The molecule has 0 amide bonds. The molecule has 0 saturated carbocycles. The zero-order valence-electron chi connectivity index (χ0n) is 9.67. The van der Waals surface area contributed by atoms with E-state index in [-0.39, 0.29) is 24.3 Å². The van der Waals surface area contributed by atoms with Gasteiger partial charge < -0.3 is 4.98 Å². The average Bonchev–Trinajstić information content (AvgIpc) is 2.20. The van der Waals surface area contributed by atoms with Crippen molar-refractivity contribution >= 4 is 15.8 Å². The molecule has 9 heteroatoms. The second-order valence-electron chi connectivity index (χ2n) is 3.74. The number of carbonyl (C=O) groups is 1. The lowest BCUT2D eigenvalue weighted by molar-refractivity contribution is 0.101. The summed E-state index contributed by atoms with van der Waals surface area (Å²) in [4.78, 5) is 36.5. The molecule has 0 unspecified atom stereocenters. The van der Waals surface area contributed by atoms with E-state index in [1.54, 1.807) is 0 Å². The number of hydrogen-bond acceptors (Lipinski definition) is 5. The van der Waals surface area contributed by atoms with Crippen molar-refractivity contribution in [2.24, 2.45) is 5.14 Å². The third kappa shape index (κ3) is 3.64. The number of aromatic amines is 1. The molecule has 1 aromatic heterocycles. The zero-order valence-corrected chi connectivity index (χ0v) is 10.5. The first-order chi connectivity index (χ1) is 8.22. The average molecular weight is 275 g/mol. The molecule has 1 heterocycles. The Balaban J connectivity index is 3.03. The molecule has 0 atom stereocenters. The number of sulfonamides is 1. The normalized spacial score (nSPS) is 11.4. The molecule has 0 saturated heterocycles. The number of aromatic nitrogens is 2. The van der Waals surface area contributed by atoms with E-state index in [2.05, 4.69) is 4.98 Å². The Hall–Kier alpha value is -1.74. The van der Waals surface area contributed by atoms with Crippen LogP contribution in [0.3, 0.4) is 0 Å². The van der Waals surface area contributed by atoms with Crippen LogP contribution >= 0.6 is 0 Å². The highest BCUT2D eigenvalue weighted by Gasteiger charge is 2.11. The Labute approximate surface area is 102 Å². The van der Waals surface area contributed by atoms with Gasteiger partial charge in [0.15, 0.2) is 5.78 Å². The predicted molar refractivity (Wildman–Crippen MR) is 63.9 cm³/mol. The number of primary sulfonamides is 1. The van der Waals surface area contributed by atoms with Crippen molar-refractivity contribution in [2.45, 2.75) is 19.9 Å². The number of carbonyl (C=O) groups excluding carboxylic acids is 1. The summed E-state index contributed by atoms with van der Waals surface area (Å²) in [6.45, 7) is 1.08. The number of hydrogen-bond donors (Lipinski definition) is 2. The summed E-state index contributed by atoms with van der Waals surface area (Å²) < 4.78 is 22.2. The van der Waals surface area contributed by atoms with Crippen molar-refractivity contribution in [1.29, 1.82) is 0 Å². The van der Waals surface area contributed by atoms with E-state index in [1.807, 2.05) is 0 Å². The molecular weight excluding hydrogens is 262 g/mol. The van der Waals surface area contributed by atoms with Gasteiger partial charge in [-0.05, 0) is 13.3 Å². The minimum Gasteiger partial charge on any atom is -0.313 e. The van der Waals surface area contributed by atoms with Crippen molar-refractivity contribution in [3.63, 3.8) is 0 Å². The number of rotatable bonds is 5. The van der Waals surface area contributed by atoms with Crippen LogP contribution in [-0.2, 0) is 16.6 Å². The SMILES string of the molecule is CC(=O)c1c[nH]c(=O)n(CCCS(N)(=O)=O)c1=O. The maximum atomic E-state index is 11.7. The monoisotopic (exact) mass is 275 g/mol. The Morgan fingerprint density at radius 2 is 2.06 bits per heavy atom. The van der Waals surface area contributed by atoms with Crippen LogP contribution in [0.1, 0.15) is 23.7 Å². The fraction of sp³-hybridized carbons (Fsp3) is 0.444. The summed E-state index contributed by atoms with van der Waals surface area (Å²) in [7, 11) is -3.64. The third-order valence-corrected chi connectivity index (χ3v) is 3.11. The summed E-state index contributed by atoms with van der Waals surface area (Å²) in [5, 5.41) is 4.80. The number of Topliss-reactive ketones (excluding diaryl/α,β-unsaturated/α-hetero) is 1. The molecule has 0 radical (unpaired) electrons. The molecule has 3 N–H and O–H groups in total. The lowest BCUT2D eigenvalue weighted by Crippen LogP contribution is -2.38. The van der Waals surface area contributed by atoms with Crippen molar-refractivity contribution < 1.29 is 13.2 Å². The molecular formula is C9H13N3O5S. The van der Waals surface area contributed by atoms with Gasteiger partial charge in [0.05, 0.1) is 11.3 Å². The van der Waals surface area contributed by atoms with Crippen LogP contribution in [0.4, 0.5) is 0 Å². The van der Waals surface area contributed by atoms with Gasteiger partial charge in [-0.15, -0.1) is 0 Å². The largest absolute Gasteiger partial charge is 0.328 e. The highest BCUT2D eigenvalue weighted by atomic mass is 32.2. The molecule has 0 bridgehead atoms. The van der Waals surface area contributed by atoms with E-state index in [0.29, 0.717) is 0 Å². The lowest BCUT2D eigenvalue weighted by atomic mass is 10.2. The molecule has 0 aliphatic rings. The predicted octanol–water partition coefficient (Wildman–Crippen LogP) is -1.58. The minimum absolute atomic E-state index is 0.0170. The molecule has 18 heavy (non-hydrogen) atoms. The Morgan fingerprint density at radius 3 is 2.56 bits per heavy atom. The van der Waals surface area contributed by atoms with Gasteiger partial charge in [0, 0.05) is 12.7 Å². The molecule has 100 valence electrons. The van der Waals surface area contributed by atoms with Crippen LogP contribution in [0.2, 0.25) is 0 Å². The highest BCUT2D eigenvalue weighted by molar-refractivity contribution is 7.89. The second-order valence-corrected chi connectivity index (χ2v) is 5.47. The van der Waals surface area contributed by atoms with Crippen molar-refractivity contribution in [2.75, 3.05) is 5.75 Å². The van der Waals surface area contributed by atoms with E-state index in [4.69, 9.17) is 5.14 Å². The number of nitrogens with one attached hydrogen (secondary N) is 1. The summed E-state index contributed by atoms with van der Waals surface area (Å²) in [6, 6.07) is 0. The maximum absolute atomic E-state index is 11.7. The van der Waals surface area contributed by atoms with Crippen LogP contribution < -0.4 is 16.4 Å². The van der Waals surface area contributed by atoms with E-state index >= 15 is 0 Å². The van der Waals surface area contributed by atoms with Gasteiger partial charge in [0.25, 0.3) is 5.56 Å². The second kappa shape index (κ2) is 5.27. The summed E-state index contributed by atoms with van der Waals surface area (Å²) >= 11 is 0. The fourth-order valence-corrected chi connectivity index (χ4v) is 1.92. The van der Waals surface area contributed by atoms with Crippen molar-refractivity contribution in [1.82, 2.24) is 9.55 Å². The first kappa shape index (κ1) is 14.3. The Kier molecular flexibility index (Phi) is 4.19. The van der Waals surface area contributed by atoms with Gasteiger partial charge in [-0.25, -0.2) is 18.4 Å². The molecule has 8 nitrogen and oxygen atoms in total. The topological polar surface area (TPSA) is 132 Å². The van der Waals surface area contributed by atoms with Crippen molar-refractivity contribution in [3.05, 3.63) is 32.6 Å². The molecule has 0 aromatic carbocycles. The minimum atomic E-state index is -3.64. The van der Waals surface area contributed by atoms with Crippen LogP contribution in [0, 0.1) is 0 Å². The van der Waals surface area contributed by atoms with Crippen LogP contribution in [0.25, 0.3) is 0 Å². The lowest BCUT2D eigenvalue weighted by Gasteiger charge is -2.04. The number of nitrogens with two attached hydrogens (primary N) is 1. The molecule has 0 aliphatic carbocycles. The van der Waals surface area contributed by atoms with E-state index in [1.165, 1.54) is 6.92 Å². The van der Waals surface area contributed by atoms with Gasteiger partial charge >= 0.3 is 5.69 Å². The summed E-state index contributed by atoms with van der Waals surface area (Å²) in [6.07, 6.45) is 1.06. The van der Waals surface area contributed by atoms with Crippen LogP contribution in [0.5, 0.6) is 0 Å². The Bertz CT molecular complexity index is 670. The first-order valence-corrected chi connectivity index (χ1v) is 6.78. The van der Waals surface area contributed by atoms with Gasteiger partial charge in [0.1, 0.15) is 0 Å². The molecule has 1 aromatic rings. The zero-order chi connectivity index (χ0) is 13.9. The van der Waals surface area contributed by atoms with E-state index < -0.39 is 27.1 Å². The molecule has 0 fully saturated rings. The smallest absolute Gasteiger partial charge is 0.313 e. The quantitative estimate of drug-likeness (QED) is 0.626. The standard InChI is InChI=1S/C9H13N3O5S/c1-6(13)7-5-11-9(15)12(8(7)14)3-2-4-18(10,16)17/h5H,2-4H2,1H3,(H,11,15)(H2,10,16,17). The summed E-state index contributed by atoms with van der Waals surface area (Å²) in [5.74, 6) is -0.820. The number of nitrogens with zero attached hydrogens (tertiary/aromatic N) is 1. The van der Waals surface area contributed by atoms with Gasteiger partial charge in [-0.2, -0.15) is 0 Å². The highest BCUT2D eigenvalue weighted by Crippen LogP contribution is 1.91. The molecule has 0 spiro atoms. The first-order valence-electron chi connectivity index (χ1n) is 5.06. The molecule has 1 rings (SSSR count). The maximum Gasteiger partial charge on any atom is 0.328 e. The van der Waals surface area contributed by atoms with Crippen LogP contribution in [-0.4, -0.2) is 29.5 Å².